The van der Waals surface area contributed by atoms with Crippen molar-refractivity contribution in [2.45, 2.75) is 33.2 Å². The molecule has 3 heteroatoms. The molecule has 0 aliphatic carbocycles. The van der Waals surface area contributed by atoms with Gasteiger partial charge in [0.2, 0.25) is 0 Å². The van der Waals surface area contributed by atoms with Crippen molar-refractivity contribution < 1.29 is 0 Å². The van der Waals surface area contributed by atoms with E-state index in [1.807, 2.05) is 6.20 Å². The van der Waals surface area contributed by atoms with Crippen molar-refractivity contribution in [2.24, 2.45) is 5.73 Å². The van der Waals surface area contributed by atoms with Gasteiger partial charge in [0.05, 0.1) is 0 Å². The van der Waals surface area contributed by atoms with Gasteiger partial charge in [-0.2, -0.15) is 0 Å². The van der Waals surface area contributed by atoms with Gasteiger partial charge in [0.25, 0.3) is 0 Å². The molecular formula is C16H23N3. The number of pyridine rings is 1. The van der Waals surface area contributed by atoms with E-state index in [0.29, 0.717) is 6.54 Å². The Morgan fingerprint density at radius 2 is 1.68 bits per heavy atom. The normalized spacial score (nSPS) is 10.9. The van der Waals surface area contributed by atoms with Crippen molar-refractivity contribution in [3.63, 3.8) is 0 Å². The third-order valence-electron chi connectivity index (χ3n) is 3.36. The molecular weight excluding hydrogens is 234 g/mol. The van der Waals surface area contributed by atoms with Crippen LogP contribution in [0, 0.1) is 0 Å². The van der Waals surface area contributed by atoms with Crippen LogP contribution in [0.15, 0.2) is 30.5 Å². The zero-order chi connectivity index (χ0) is 13.7. The maximum atomic E-state index is 5.81. The van der Waals surface area contributed by atoms with E-state index in [1.165, 1.54) is 10.8 Å². The molecule has 0 spiro atoms. The number of aromatic nitrogens is 1. The topological polar surface area (TPSA) is 42.2 Å². The molecule has 1 aromatic carbocycles. The Morgan fingerprint density at radius 3 is 2.26 bits per heavy atom. The number of nitrogens with zero attached hydrogens (tertiary/aromatic N) is 2. The SMILES string of the molecule is CCCN(CCC)c1ncc(CN)c2ccccc12. The van der Waals surface area contributed by atoms with Crippen molar-refractivity contribution in [2.75, 3.05) is 18.0 Å². The molecule has 0 radical (unpaired) electrons. The summed E-state index contributed by atoms with van der Waals surface area (Å²) >= 11 is 0. The van der Waals surface area contributed by atoms with E-state index in [4.69, 9.17) is 5.73 Å². The Morgan fingerprint density at radius 1 is 1.05 bits per heavy atom. The summed E-state index contributed by atoms with van der Waals surface area (Å²) in [4.78, 5) is 7.04. The fourth-order valence-corrected chi connectivity index (χ4v) is 2.51. The lowest BCUT2D eigenvalue weighted by atomic mass is 10.1. The van der Waals surface area contributed by atoms with Crippen molar-refractivity contribution in [1.29, 1.82) is 0 Å². The first kappa shape index (κ1) is 13.8. The first-order chi connectivity index (χ1) is 9.31. The number of benzene rings is 1. The van der Waals surface area contributed by atoms with Gasteiger partial charge in [-0.25, -0.2) is 4.98 Å². The fourth-order valence-electron chi connectivity index (χ4n) is 2.51. The smallest absolute Gasteiger partial charge is 0.136 e. The molecule has 0 saturated heterocycles. The predicted octanol–water partition coefficient (Wildman–Crippen LogP) is 3.32. The van der Waals surface area contributed by atoms with Crippen LogP contribution in [0.4, 0.5) is 5.82 Å². The summed E-state index contributed by atoms with van der Waals surface area (Å²) in [6.07, 6.45) is 4.19. The molecule has 19 heavy (non-hydrogen) atoms. The zero-order valence-electron chi connectivity index (χ0n) is 11.9. The van der Waals surface area contributed by atoms with E-state index in [0.717, 1.165) is 37.3 Å². The summed E-state index contributed by atoms with van der Waals surface area (Å²) < 4.78 is 0. The minimum atomic E-state index is 0.537. The number of hydrogen-bond donors (Lipinski definition) is 1. The maximum Gasteiger partial charge on any atom is 0.136 e. The lowest BCUT2D eigenvalue weighted by Crippen LogP contribution is -2.26. The van der Waals surface area contributed by atoms with E-state index < -0.39 is 0 Å². The summed E-state index contributed by atoms with van der Waals surface area (Å²) in [5.74, 6) is 1.09. The molecule has 1 aromatic heterocycles. The summed E-state index contributed by atoms with van der Waals surface area (Å²) in [7, 11) is 0. The highest BCUT2D eigenvalue weighted by molar-refractivity contribution is 5.94. The number of anilines is 1. The number of rotatable bonds is 6. The summed E-state index contributed by atoms with van der Waals surface area (Å²) in [5.41, 5.74) is 6.92. The highest BCUT2D eigenvalue weighted by atomic mass is 15.2. The van der Waals surface area contributed by atoms with Crippen LogP contribution in [0.1, 0.15) is 32.3 Å². The van der Waals surface area contributed by atoms with Crippen LogP contribution in [-0.4, -0.2) is 18.1 Å². The Balaban J connectivity index is 2.53. The summed E-state index contributed by atoms with van der Waals surface area (Å²) in [6, 6.07) is 8.42. The van der Waals surface area contributed by atoms with Gasteiger partial charge in [-0.05, 0) is 23.8 Å². The third kappa shape index (κ3) is 2.87. The van der Waals surface area contributed by atoms with Crippen molar-refractivity contribution in [3.8, 4) is 0 Å². The van der Waals surface area contributed by atoms with Crippen molar-refractivity contribution >= 4 is 16.6 Å². The van der Waals surface area contributed by atoms with E-state index in [2.05, 4.69) is 48.0 Å². The highest BCUT2D eigenvalue weighted by Gasteiger charge is 2.12. The largest absolute Gasteiger partial charge is 0.356 e. The fraction of sp³-hybridized carbons (Fsp3) is 0.438. The standard InChI is InChI=1S/C16H23N3/c1-3-9-19(10-4-2)16-15-8-6-5-7-14(15)13(11-17)12-18-16/h5-8,12H,3-4,9-11,17H2,1-2H3. The van der Waals surface area contributed by atoms with Gasteiger partial charge in [-0.15, -0.1) is 0 Å². The van der Waals surface area contributed by atoms with Gasteiger partial charge in [-0.1, -0.05) is 38.1 Å². The maximum absolute atomic E-state index is 5.81. The van der Waals surface area contributed by atoms with Gasteiger partial charge in [0.1, 0.15) is 5.82 Å². The summed E-state index contributed by atoms with van der Waals surface area (Å²) in [6.45, 7) is 7.05. The van der Waals surface area contributed by atoms with Crippen LogP contribution in [0.3, 0.4) is 0 Å². The van der Waals surface area contributed by atoms with Gasteiger partial charge < -0.3 is 10.6 Å². The molecule has 2 N–H and O–H groups in total. The van der Waals surface area contributed by atoms with Gasteiger partial charge in [0, 0.05) is 31.2 Å². The first-order valence-electron chi connectivity index (χ1n) is 7.13. The number of hydrogen-bond acceptors (Lipinski definition) is 3. The zero-order valence-corrected chi connectivity index (χ0v) is 11.9. The molecule has 3 nitrogen and oxygen atoms in total. The van der Waals surface area contributed by atoms with E-state index in [9.17, 15) is 0 Å². The second-order valence-corrected chi connectivity index (χ2v) is 4.84. The lowest BCUT2D eigenvalue weighted by Gasteiger charge is -2.24. The molecule has 0 saturated carbocycles. The van der Waals surface area contributed by atoms with E-state index >= 15 is 0 Å². The molecule has 0 bridgehead atoms. The molecule has 102 valence electrons. The van der Waals surface area contributed by atoms with Crippen molar-refractivity contribution in [1.82, 2.24) is 4.98 Å². The molecule has 0 atom stereocenters. The first-order valence-corrected chi connectivity index (χ1v) is 7.13. The van der Waals surface area contributed by atoms with Crippen LogP contribution in [0.5, 0.6) is 0 Å². The average molecular weight is 257 g/mol. The van der Waals surface area contributed by atoms with Gasteiger partial charge in [0.15, 0.2) is 0 Å². The third-order valence-corrected chi connectivity index (χ3v) is 3.36. The Hall–Kier alpha value is -1.61. The molecule has 1 heterocycles. The number of nitrogens with two attached hydrogens (primary N) is 1. The molecule has 0 aliphatic heterocycles. The minimum Gasteiger partial charge on any atom is -0.356 e. The minimum absolute atomic E-state index is 0.537. The summed E-state index contributed by atoms with van der Waals surface area (Å²) in [5, 5.41) is 2.44. The predicted molar refractivity (Wildman–Crippen MR) is 82.4 cm³/mol. The molecule has 2 rings (SSSR count). The molecule has 2 aromatic rings. The Kier molecular flexibility index (Phi) is 4.74. The molecule has 0 aliphatic rings. The Bertz CT molecular complexity index is 531. The molecule has 0 amide bonds. The van der Waals surface area contributed by atoms with E-state index in [1.54, 1.807) is 0 Å². The number of fused-ring (bicyclic) bond motifs is 1. The van der Waals surface area contributed by atoms with E-state index in [-0.39, 0.29) is 0 Å². The highest BCUT2D eigenvalue weighted by Crippen LogP contribution is 2.27. The van der Waals surface area contributed by atoms with Crippen molar-refractivity contribution in [3.05, 3.63) is 36.0 Å². The van der Waals surface area contributed by atoms with Crippen LogP contribution in [-0.2, 0) is 6.54 Å². The van der Waals surface area contributed by atoms with Crippen LogP contribution in [0.25, 0.3) is 10.8 Å². The average Bonchev–Trinajstić information content (AvgIpc) is 2.46. The van der Waals surface area contributed by atoms with Gasteiger partial charge in [-0.3, -0.25) is 0 Å². The van der Waals surface area contributed by atoms with Crippen LogP contribution in [0.2, 0.25) is 0 Å². The lowest BCUT2D eigenvalue weighted by molar-refractivity contribution is 0.737. The molecule has 0 fully saturated rings. The quantitative estimate of drug-likeness (QED) is 0.863. The monoisotopic (exact) mass is 257 g/mol. The molecule has 0 unspecified atom stereocenters. The second kappa shape index (κ2) is 6.53. The van der Waals surface area contributed by atoms with Gasteiger partial charge >= 0.3 is 0 Å². The Labute approximate surface area is 115 Å². The second-order valence-electron chi connectivity index (χ2n) is 4.84. The van der Waals surface area contributed by atoms with Crippen LogP contribution < -0.4 is 10.6 Å². The van der Waals surface area contributed by atoms with Crippen LogP contribution >= 0.6 is 0 Å².